The van der Waals surface area contributed by atoms with E-state index in [2.05, 4.69) is 122 Å². The SMILES string of the molecule is C[Si]1(C)c2ccccc2-c2nc(-c3ccccc3-c3ccccc3)nc(-c3ccccc3)c21. The van der Waals surface area contributed by atoms with E-state index in [4.69, 9.17) is 9.97 Å². The quantitative estimate of drug-likeness (QED) is 0.309. The van der Waals surface area contributed by atoms with Gasteiger partial charge in [-0.15, -0.1) is 0 Å². The molecule has 33 heavy (non-hydrogen) atoms. The zero-order valence-electron chi connectivity index (χ0n) is 18.8. The van der Waals surface area contributed by atoms with Gasteiger partial charge in [-0.25, -0.2) is 9.97 Å². The van der Waals surface area contributed by atoms with Crippen LogP contribution in [-0.4, -0.2) is 18.0 Å². The lowest BCUT2D eigenvalue weighted by molar-refractivity contribution is 1.20. The van der Waals surface area contributed by atoms with Gasteiger partial charge in [-0.2, -0.15) is 0 Å². The highest BCUT2D eigenvalue weighted by molar-refractivity contribution is 7.04. The second-order valence-corrected chi connectivity index (χ2v) is 13.4. The average molecular weight is 441 g/mol. The van der Waals surface area contributed by atoms with Crippen LogP contribution >= 0.6 is 0 Å². The van der Waals surface area contributed by atoms with Gasteiger partial charge in [0.2, 0.25) is 0 Å². The number of benzene rings is 4. The predicted molar refractivity (Wildman–Crippen MR) is 141 cm³/mol. The number of aromatic nitrogens is 2. The Labute approximate surface area is 195 Å². The Hall–Kier alpha value is -3.82. The van der Waals surface area contributed by atoms with E-state index >= 15 is 0 Å². The Morgan fingerprint density at radius 1 is 0.485 bits per heavy atom. The molecule has 0 saturated carbocycles. The number of fused-ring (bicyclic) bond motifs is 3. The summed E-state index contributed by atoms with van der Waals surface area (Å²) in [5.41, 5.74) is 7.99. The smallest absolute Gasteiger partial charge is 0.161 e. The standard InChI is InChI=1S/C30H24N2Si/c1-33(2)26-20-12-11-19-25(26)28-29(33)27(22-15-7-4-8-16-22)31-30(32-28)24-18-10-9-17-23(24)21-13-5-3-6-14-21/h3-20H,1-2H3. The highest BCUT2D eigenvalue weighted by Crippen LogP contribution is 2.36. The molecule has 0 unspecified atom stereocenters. The number of nitrogens with zero attached hydrogens (tertiary/aromatic N) is 2. The Bertz CT molecular complexity index is 1470. The largest absolute Gasteiger partial charge is 0.228 e. The molecular weight excluding hydrogens is 416 g/mol. The number of rotatable bonds is 3. The summed E-state index contributed by atoms with van der Waals surface area (Å²) >= 11 is 0. The Morgan fingerprint density at radius 3 is 1.70 bits per heavy atom. The molecule has 0 fully saturated rings. The van der Waals surface area contributed by atoms with Crippen LogP contribution in [0.25, 0.3) is 45.0 Å². The first-order valence-electron chi connectivity index (χ1n) is 11.4. The zero-order chi connectivity index (χ0) is 22.4. The maximum Gasteiger partial charge on any atom is 0.161 e. The van der Waals surface area contributed by atoms with Crippen molar-refractivity contribution in [1.82, 2.24) is 9.97 Å². The summed E-state index contributed by atoms with van der Waals surface area (Å²) < 4.78 is 0. The van der Waals surface area contributed by atoms with Crippen molar-refractivity contribution in [3.8, 4) is 45.0 Å². The fourth-order valence-corrected chi connectivity index (χ4v) is 8.32. The van der Waals surface area contributed by atoms with Crippen molar-refractivity contribution in [1.29, 1.82) is 0 Å². The summed E-state index contributed by atoms with van der Waals surface area (Å²) in [6.07, 6.45) is 0. The van der Waals surface area contributed by atoms with Gasteiger partial charge in [0.15, 0.2) is 5.82 Å². The first kappa shape index (κ1) is 19.8. The minimum Gasteiger partial charge on any atom is -0.228 e. The fraction of sp³-hybridized carbons (Fsp3) is 0.0667. The number of hydrogen-bond acceptors (Lipinski definition) is 2. The van der Waals surface area contributed by atoms with Crippen molar-refractivity contribution >= 4 is 18.4 Å². The predicted octanol–water partition coefficient (Wildman–Crippen LogP) is 6.28. The molecule has 158 valence electrons. The molecule has 2 heterocycles. The summed E-state index contributed by atoms with van der Waals surface area (Å²) in [5.74, 6) is 0.786. The van der Waals surface area contributed by atoms with E-state index in [1.165, 1.54) is 21.5 Å². The maximum atomic E-state index is 5.27. The second-order valence-electron chi connectivity index (χ2n) is 9.07. The molecule has 0 amide bonds. The van der Waals surface area contributed by atoms with Crippen molar-refractivity contribution in [3.05, 3.63) is 109 Å². The molecule has 5 aromatic rings. The first-order valence-corrected chi connectivity index (χ1v) is 14.4. The van der Waals surface area contributed by atoms with E-state index in [1.807, 2.05) is 0 Å². The van der Waals surface area contributed by atoms with Crippen LogP contribution in [0.15, 0.2) is 109 Å². The summed E-state index contributed by atoms with van der Waals surface area (Å²) in [7, 11) is -1.94. The molecule has 0 aliphatic carbocycles. The van der Waals surface area contributed by atoms with E-state index in [9.17, 15) is 0 Å². The van der Waals surface area contributed by atoms with Crippen LogP contribution in [0.2, 0.25) is 13.1 Å². The molecule has 0 bridgehead atoms. The first-order chi connectivity index (χ1) is 16.1. The monoisotopic (exact) mass is 440 g/mol. The molecule has 6 rings (SSSR count). The van der Waals surface area contributed by atoms with Gasteiger partial charge in [0, 0.05) is 11.1 Å². The normalized spacial score (nSPS) is 13.4. The van der Waals surface area contributed by atoms with Crippen LogP contribution in [-0.2, 0) is 0 Å². The fourth-order valence-electron chi connectivity index (χ4n) is 5.09. The minimum absolute atomic E-state index is 0.786. The highest BCUT2D eigenvalue weighted by atomic mass is 28.3. The molecule has 1 aromatic heterocycles. The molecule has 1 aliphatic rings. The third kappa shape index (κ3) is 3.16. The van der Waals surface area contributed by atoms with E-state index < -0.39 is 8.07 Å². The third-order valence-corrected chi connectivity index (χ3v) is 10.2. The van der Waals surface area contributed by atoms with Crippen LogP contribution in [0.3, 0.4) is 0 Å². The van der Waals surface area contributed by atoms with Crippen LogP contribution in [0, 0.1) is 0 Å². The molecule has 0 atom stereocenters. The molecule has 1 aliphatic heterocycles. The molecule has 0 N–H and O–H groups in total. The summed E-state index contributed by atoms with van der Waals surface area (Å²) in [4.78, 5) is 10.5. The summed E-state index contributed by atoms with van der Waals surface area (Å²) in [5, 5.41) is 2.79. The van der Waals surface area contributed by atoms with Crippen molar-refractivity contribution in [2.24, 2.45) is 0 Å². The summed E-state index contributed by atoms with van der Waals surface area (Å²) in [6.45, 7) is 4.84. The molecule has 3 heteroatoms. The molecule has 0 spiro atoms. The van der Waals surface area contributed by atoms with Gasteiger partial charge in [-0.05, 0) is 27.1 Å². The van der Waals surface area contributed by atoms with Crippen molar-refractivity contribution < 1.29 is 0 Å². The average Bonchev–Trinajstić information content (AvgIpc) is 3.11. The molecule has 4 aromatic carbocycles. The Balaban J connectivity index is 1.68. The Morgan fingerprint density at radius 2 is 1.00 bits per heavy atom. The van der Waals surface area contributed by atoms with E-state index in [0.717, 1.165) is 33.9 Å². The zero-order valence-corrected chi connectivity index (χ0v) is 19.8. The van der Waals surface area contributed by atoms with Gasteiger partial charge in [-0.3, -0.25) is 0 Å². The van der Waals surface area contributed by atoms with Gasteiger partial charge in [-0.1, -0.05) is 122 Å². The second kappa shape index (κ2) is 7.64. The highest BCUT2D eigenvalue weighted by Gasteiger charge is 2.41. The maximum absolute atomic E-state index is 5.27. The lowest BCUT2D eigenvalue weighted by Crippen LogP contribution is -2.50. The minimum atomic E-state index is -1.94. The van der Waals surface area contributed by atoms with Gasteiger partial charge in [0.05, 0.1) is 11.4 Å². The van der Waals surface area contributed by atoms with Gasteiger partial charge < -0.3 is 0 Å². The molecule has 2 nitrogen and oxygen atoms in total. The van der Waals surface area contributed by atoms with E-state index in [1.54, 1.807) is 0 Å². The topological polar surface area (TPSA) is 25.8 Å². The van der Waals surface area contributed by atoms with Crippen molar-refractivity contribution in [3.63, 3.8) is 0 Å². The van der Waals surface area contributed by atoms with Crippen molar-refractivity contribution in [2.75, 3.05) is 0 Å². The van der Waals surface area contributed by atoms with Crippen LogP contribution in [0.1, 0.15) is 0 Å². The molecule has 0 radical (unpaired) electrons. The van der Waals surface area contributed by atoms with E-state index in [0.29, 0.717) is 0 Å². The number of hydrogen-bond donors (Lipinski definition) is 0. The molecule has 0 saturated heterocycles. The Kier molecular flexibility index (Phi) is 4.59. The van der Waals surface area contributed by atoms with E-state index in [-0.39, 0.29) is 0 Å². The molecular formula is C30H24N2Si. The van der Waals surface area contributed by atoms with Gasteiger partial charge in [0.1, 0.15) is 8.07 Å². The lowest BCUT2D eigenvalue weighted by Gasteiger charge is -2.22. The van der Waals surface area contributed by atoms with Crippen molar-refractivity contribution in [2.45, 2.75) is 13.1 Å². The van der Waals surface area contributed by atoms with Crippen LogP contribution < -0.4 is 10.4 Å². The summed E-state index contributed by atoms with van der Waals surface area (Å²) in [6, 6.07) is 38.4. The lowest BCUT2D eigenvalue weighted by atomic mass is 9.98. The third-order valence-electron chi connectivity index (χ3n) is 6.69. The van der Waals surface area contributed by atoms with Crippen LogP contribution in [0.4, 0.5) is 0 Å². The van der Waals surface area contributed by atoms with Gasteiger partial charge in [0.25, 0.3) is 0 Å². The van der Waals surface area contributed by atoms with Gasteiger partial charge >= 0.3 is 0 Å². The van der Waals surface area contributed by atoms with Crippen LogP contribution in [0.5, 0.6) is 0 Å².